The van der Waals surface area contributed by atoms with Gasteiger partial charge in [0.25, 0.3) is 0 Å². The molecule has 0 unspecified atom stereocenters. The summed E-state index contributed by atoms with van der Waals surface area (Å²) in [5.74, 6) is -1.69. The number of piperidine rings is 1. The summed E-state index contributed by atoms with van der Waals surface area (Å²) in [7, 11) is -4.09. The van der Waals surface area contributed by atoms with Crippen LogP contribution < -0.4 is 0 Å². The Labute approximate surface area is 161 Å². The van der Waals surface area contributed by atoms with Gasteiger partial charge >= 0.3 is 0 Å². The van der Waals surface area contributed by atoms with Gasteiger partial charge in [0, 0.05) is 30.6 Å². The van der Waals surface area contributed by atoms with Gasteiger partial charge in [-0.15, -0.1) is 0 Å². The van der Waals surface area contributed by atoms with Crippen LogP contribution in [0.2, 0.25) is 5.02 Å². The third kappa shape index (κ3) is 3.46. The lowest BCUT2D eigenvalue weighted by Gasteiger charge is -2.41. The van der Waals surface area contributed by atoms with Crippen molar-refractivity contribution in [2.24, 2.45) is 0 Å². The molecular formula is C19H18ClF2NO3S. The fourth-order valence-corrected chi connectivity index (χ4v) is 5.79. The monoisotopic (exact) mass is 413 g/mol. The Morgan fingerprint density at radius 1 is 1.07 bits per heavy atom. The summed E-state index contributed by atoms with van der Waals surface area (Å²) in [6.45, 7) is 1.67. The first-order valence-corrected chi connectivity index (χ1v) is 10.2. The van der Waals surface area contributed by atoms with E-state index in [1.807, 2.05) is 0 Å². The topological polar surface area (TPSA) is 54.5 Å². The lowest BCUT2D eigenvalue weighted by atomic mass is 9.87. The summed E-state index contributed by atoms with van der Waals surface area (Å²) in [5.41, 5.74) is -0.208. The first-order valence-electron chi connectivity index (χ1n) is 8.39. The minimum Gasteiger partial charge on any atom is -0.343 e. The number of likely N-dealkylation sites (tertiary alicyclic amines) is 1. The number of carbonyl (C=O) groups is 1. The number of nitrogens with zero attached hydrogens (tertiary/aromatic N) is 1. The second-order valence-corrected chi connectivity index (χ2v) is 9.28. The van der Waals surface area contributed by atoms with Crippen LogP contribution in [0.15, 0.2) is 47.4 Å². The molecule has 1 aliphatic heterocycles. The van der Waals surface area contributed by atoms with Crippen molar-refractivity contribution in [3.8, 4) is 0 Å². The van der Waals surface area contributed by atoms with Gasteiger partial charge in [-0.25, -0.2) is 17.2 Å². The number of hydrogen-bond acceptors (Lipinski definition) is 3. The normalized spacial score (nSPS) is 17.0. The summed E-state index contributed by atoms with van der Waals surface area (Å²) in [4.78, 5) is 13.1. The lowest BCUT2D eigenvalue weighted by Crippen LogP contribution is -2.49. The Hall–Kier alpha value is -1.99. The molecule has 3 rings (SSSR count). The predicted molar refractivity (Wildman–Crippen MR) is 98.2 cm³/mol. The van der Waals surface area contributed by atoms with E-state index in [0.29, 0.717) is 5.02 Å². The fraction of sp³-hybridized carbons (Fsp3) is 0.316. The van der Waals surface area contributed by atoms with Crippen LogP contribution in [0.1, 0.15) is 25.3 Å². The number of carbonyl (C=O) groups excluding carboxylic acids is 1. The van der Waals surface area contributed by atoms with Gasteiger partial charge in [0.15, 0.2) is 9.84 Å². The number of rotatable bonds is 3. The minimum absolute atomic E-state index is 0.0214. The fourth-order valence-electron chi connectivity index (χ4n) is 3.55. The third-order valence-electron chi connectivity index (χ3n) is 5.07. The van der Waals surface area contributed by atoms with E-state index < -0.39 is 26.2 Å². The summed E-state index contributed by atoms with van der Waals surface area (Å²) in [6, 6.07) is 8.41. The van der Waals surface area contributed by atoms with Crippen LogP contribution in [0.4, 0.5) is 8.78 Å². The zero-order valence-corrected chi connectivity index (χ0v) is 16.2. The van der Waals surface area contributed by atoms with Crippen LogP contribution in [-0.2, 0) is 19.4 Å². The summed E-state index contributed by atoms with van der Waals surface area (Å²) in [5, 5.41) is 0.367. The average Bonchev–Trinajstić information content (AvgIpc) is 2.64. The van der Waals surface area contributed by atoms with Crippen molar-refractivity contribution >= 4 is 27.3 Å². The van der Waals surface area contributed by atoms with Gasteiger partial charge in [-0.3, -0.25) is 4.79 Å². The number of sulfone groups is 1. The standard InChI is InChI=1S/C19H18ClF2NO3S/c1-13(24)23-10-8-19(9-11-23,17-12-15(21)4-7-18(17)22)27(25,26)16-5-2-14(20)3-6-16/h2-7,12H,8-11H2,1H3. The molecular weight excluding hydrogens is 396 g/mol. The van der Waals surface area contributed by atoms with E-state index >= 15 is 0 Å². The molecule has 0 atom stereocenters. The average molecular weight is 414 g/mol. The number of benzene rings is 2. The molecule has 4 nitrogen and oxygen atoms in total. The van der Waals surface area contributed by atoms with Gasteiger partial charge in [0.1, 0.15) is 16.4 Å². The van der Waals surface area contributed by atoms with Crippen LogP contribution in [0, 0.1) is 11.6 Å². The van der Waals surface area contributed by atoms with Crippen LogP contribution in [-0.4, -0.2) is 32.3 Å². The molecule has 0 N–H and O–H groups in total. The Morgan fingerprint density at radius 2 is 1.67 bits per heavy atom. The quantitative estimate of drug-likeness (QED) is 0.766. The Balaban J connectivity index is 2.18. The van der Waals surface area contributed by atoms with Gasteiger partial charge < -0.3 is 4.90 Å². The van der Waals surface area contributed by atoms with E-state index in [0.717, 1.165) is 18.2 Å². The van der Waals surface area contributed by atoms with Crippen molar-refractivity contribution in [3.05, 3.63) is 64.7 Å². The van der Waals surface area contributed by atoms with Gasteiger partial charge in [0.05, 0.1) is 4.90 Å². The highest BCUT2D eigenvalue weighted by Gasteiger charge is 2.50. The molecule has 144 valence electrons. The van der Waals surface area contributed by atoms with Crippen molar-refractivity contribution < 1.29 is 22.0 Å². The molecule has 27 heavy (non-hydrogen) atoms. The van der Waals surface area contributed by atoms with Gasteiger partial charge in [0.2, 0.25) is 5.91 Å². The van der Waals surface area contributed by atoms with Crippen LogP contribution in [0.25, 0.3) is 0 Å². The lowest BCUT2D eigenvalue weighted by molar-refractivity contribution is -0.130. The first-order chi connectivity index (χ1) is 12.7. The molecule has 1 amide bonds. The summed E-state index contributed by atoms with van der Waals surface area (Å²) < 4.78 is 53.9. The first kappa shape index (κ1) is 19.8. The second kappa shape index (κ2) is 7.20. The van der Waals surface area contributed by atoms with E-state index in [1.165, 1.54) is 36.1 Å². The summed E-state index contributed by atoms with van der Waals surface area (Å²) >= 11 is 5.85. The molecule has 1 aliphatic rings. The van der Waals surface area contributed by atoms with E-state index in [2.05, 4.69) is 0 Å². The van der Waals surface area contributed by atoms with Crippen LogP contribution >= 0.6 is 11.6 Å². The smallest absolute Gasteiger partial charge is 0.219 e. The van der Waals surface area contributed by atoms with Crippen molar-refractivity contribution in [1.82, 2.24) is 4.90 Å². The highest BCUT2D eigenvalue weighted by atomic mass is 35.5. The van der Waals surface area contributed by atoms with Crippen LogP contribution in [0.3, 0.4) is 0 Å². The largest absolute Gasteiger partial charge is 0.343 e. The molecule has 1 saturated heterocycles. The van der Waals surface area contributed by atoms with Gasteiger partial charge in [-0.2, -0.15) is 0 Å². The number of amides is 1. The zero-order valence-electron chi connectivity index (χ0n) is 14.6. The molecule has 0 radical (unpaired) electrons. The molecule has 0 saturated carbocycles. The van der Waals surface area contributed by atoms with Gasteiger partial charge in [-0.1, -0.05) is 11.6 Å². The molecule has 1 heterocycles. The molecule has 1 fully saturated rings. The zero-order chi connectivity index (χ0) is 19.8. The third-order valence-corrected chi connectivity index (χ3v) is 7.88. The molecule has 2 aromatic rings. The highest BCUT2D eigenvalue weighted by Crippen LogP contribution is 2.45. The SMILES string of the molecule is CC(=O)N1CCC(c2cc(F)ccc2F)(S(=O)(=O)c2ccc(Cl)cc2)CC1. The Bertz CT molecular complexity index is 969. The van der Waals surface area contributed by atoms with Crippen molar-refractivity contribution in [3.63, 3.8) is 0 Å². The van der Waals surface area contributed by atoms with Gasteiger partial charge in [-0.05, 0) is 55.3 Å². The van der Waals surface area contributed by atoms with Crippen molar-refractivity contribution in [2.45, 2.75) is 29.4 Å². The van der Waals surface area contributed by atoms with Crippen LogP contribution in [0.5, 0.6) is 0 Å². The molecule has 0 aliphatic carbocycles. The maximum atomic E-state index is 14.6. The predicted octanol–water partition coefficient (Wildman–Crippen LogP) is 3.93. The Kier molecular flexibility index (Phi) is 5.27. The number of hydrogen-bond donors (Lipinski definition) is 0. The van der Waals surface area contributed by atoms with Crippen molar-refractivity contribution in [1.29, 1.82) is 0 Å². The van der Waals surface area contributed by atoms with E-state index in [9.17, 15) is 22.0 Å². The highest BCUT2D eigenvalue weighted by molar-refractivity contribution is 7.92. The molecule has 0 aromatic heterocycles. The summed E-state index contributed by atoms with van der Waals surface area (Å²) in [6.07, 6.45) is -0.0597. The molecule has 0 bridgehead atoms. The van der Waals surface area contributed by atoms with E-state index in [1.54, 1.807) is 0 Å². The molecule has 0 spiro atoms. The minimum atomic E-state index is -4.09. The second-order valence-electron chi connectivity index (χ2n) is 6.58. The Morgan fingerprint density at radius 3 is 2.22 bits per heavy atom. The molecule has 2 aromatic carbocycles. The maximum absolute atomic E-state index is 14.6. The van der Waals surface area contributed by atoms with Crippen molar-refractivity contribution in [2.75, 3.05) is 13.1 Å². The van der Waals surface area contributed by atoms with E-state index in [4.69, 9.17) is 11.6 Å². The maximum Gasteiger partial charge on any atom is 0.219 e. The number of halogens is 3. The van der Waals surface area contributed by atoms with E-state index in [-0.39, 0.29) is 42.3 Å². The molecule has 8 heteroatoms.